The molecule has 1 aliphatic heterocycles. The van der Waals surface area contributed by atoms with Crippen LogP contribution in [0, 0.1) is 5.82 Å². The zero-order chi connectivity index (χ0) is 26.0. The molecule has 0 aliphatic carbocycles. The van der Waals surface area contributed by atoms with Crippen molar-refractivity contribution in [1.29, 1.82) is 0 Å². The van der Waals surface area contributed by atoms with Crippen LogP contribution < -0.4 is 19.9 Å². The van der Waals surface area contributed by atoms with Gasteiger partial charge in [-0.2, -0.15) is 0 Å². The van der Waals surface area contributed by atoms with E-state index in [0.29, 0.717) is 23.5 Å². The molecule has 1 N–H and O–H groups in total. The van der Waals surface area contributed by atoms with Crippen molar-refractivity contribution in [3.05, 3.63) is 96.0 Å². The van der Waals surface area contributed by atoms with Gasteiger partial charge in [-0.05, 0) is 60.9 Å². The highest BCUT2D eigenvalue weighted by Gasteiger charge is 2.31. The summed E-state index contributed by atoms with van der Waals surface area (Å²) in [6.07, 6.45) is 4.49. The molecule has 1 aliphatic rings. The van der Waals surface area contributed by atoms with Crippen LogP contribution in [-0.4, -0.2) is 38.0 Å². The molecule has 0 bridgehead atoms. The minimum atomic E-state index is -0.451. The van der Waals surface area contributed by atoms with Gasteiger partial charge in [0.15, 0.2) is 11.5 Å². The van der Waals surface area contributed by atoms with Crippen molar-refractivity contribution in [3.8, 4) is 5.75 Å². The second-order valence-electron chi connectivity index (χ2n) is 8.90. The Kier molecular flexibility index (Phi) is 8.92. The number of hydrogen-bond acceptors (Lipinski definition) is 4. The summed E-state index contributed by atoms with van der Waals surface area (Å²) < 4.78 is 19.4. The lowest BCUT2D eigenvalue weighted by atomic mass is 10.1. The van der Waals surface area contributed by atoms with E-state index in [4.69, 9.17) is 4.74 Å². The lowest BCUT2D eigenvalue weighted by Crippen LogP contribution is -2.44. The fourth-order valence-electron chi connectivity index (χ4n) is 4.22. The van der Waals surface area contributed by atoms with Crippen molar-refractivity contribution in [3.63, 3.8) is 0 Å². The summed E-state index contributed by atoms with van der Waals surface area (Å²) >= 11 is 0. The number of nitrogens with zero attached hydrogens (tertiary/aromatic N) is 2. The van der Waals surface area contributed by atoms with Crippen molar-refractivity contribution >= 4 is 29.3 Å². The molecule has 3 aromatic carbocycles. The summed E-state index contributed by atoms with van der Waals surface area (Å²) in [4.78, 5) is 29.8. The van der Waals surface area contributed by atoms with Gasteiger partial charge in [0.1, 0.15) is 12.4 Å². The van der Waals surface area contributed by atoms with Gasteiger partial charge in [0.25, 0.3) is 5.91 Å². The molecule has 0 spiro atoms. The van der Waals surface area contributed by atoms with Gasteiger partial charge in [0.2, 0.25) is 5.91 Å². The normalized spacial score (nSPS) is 13.7. The van der Waals surface area contributed by atoms with Crippen LogP contribution in [-0.2, 0) is 9.59 Å². The molecule has 0 saturated carbocycles. The maximum Gasteiger partial charge on any atom is 0.294 e. The summed E-state index contributed by atoms with van der Waals surface area (Å²) in [5.41, 5.74) is 2.20. The second kappa shape index (κ2) is 12.7. The molecule has 0 unspecified atom stereocenters. The van der Waals surface area contributed by atoms with Crippen molar-refractivity contribution < 1.29 is 18.7 Å². The summed E-state index contributed by atoms with van der Waals surface area (Å²) in [7, 11) is 0. The van der Waals surface area contributed by atoms with Gasteiger partial charge < -0.3 is 15.0 Å². The third kappa shape index (κ3) is 6.97. The van der Waals surface area contributed by atoms with Crippen molar-refractivity contribution in [2.24, 2.45) is 0 Å². The zero-order valence-electron chi connectivity index (χ0n) is 21.0. The molecule has 192 valence electrons. The highest BCUT2D eigenvalue weighted by molar-refractivity contribution is 6.12. The highest BCUT2D eigenvalue weighted by Crippen LogP contribution is 2.35. The van der Waals surface area contributed by atoms with Crippen molar-refractivity contribution in [2.75, 3.05) is 36.0 Å². The van der Waals surface area contributed by atoms with E-state index in [1.165, 1.54) is 28.8 Å². The Hall–Kier alpha value is -4.13. The summed E-state index contributed by atoms with van der Waals surface area (Å²) in [6.45, 7) is 4.32. The first-order chi connectivity index (χ1) is 18.0. The van der Waals surface area contributed by atoms with Gasteiger partial charge in [0.05, 0.1) is 5.69 Å². The Bertz CT molecular complexity index is 1250. The van der Waals surface area contributed by atoms with E-state index in [1.54, 1.807) is 36.4 Å². The lowest BCUT2D eigenvalue weighted by molar-refractivity contribution is -0.123. The average Bonchev–Trinajstić information content (AvgIpc) is 2.91. The van der Waals surface area contributed by atoms with E-state index in [0.717, 1.165) is 32.4 Å². The molecule has 2 amide bonds. The Labute approximate surface area is 217 Å². The number of hydrogen-bond donors (Lipinski definition) is 1. The van der Waals surface area contributed by atoms with Crippen LogP contribution in [0.3, 0.4) is 0 Å². The minimum absolute atomic E-state index is 0.0338. The van der Waals surface area contributed by atoms with Gasteiger partial charge in [-0.3, -0.25) is 14.5 Å². The number of ether oxygens (including phenoxy) is 1. The molecule has 0 aromatic heterocycles. The number of benzene rings is 3. The van der Waals surface area contributed by atoms with Gasteiger partial charge >= 0.3 is 0 Å². The molecular weight excluding hydrogens is 469 g/mol. The Morgan fingerprint density at radius 3 is 2.54 bits per heavy atom. The van der Waals surface area contributed by atoms with Crippen LogP contribution >= 0.6 is 0 Å². The van der Waals surface area contributed by atoms with E-state index in [2.05, 4.69) is 29.3 Å². The Balaban J connectivity index is 1.38. The lowest BCUT2D eigenvalue weighted by Gasteiger charge is -2.30. The van der Waals surface area contributed by atoms with E-state index in [-0.39, 0.29) is 18.2 Å². The number of carbonyl (C=O) groups excluding carboxylic acids is 2. The molecule has 1 heterocycles. The summed E-state index contributed by atoms with van der Waals surface area (Å²) in [5, 5.41) is 2.95. The number of nitrogens with one attached hydrogen (secondary N) is 1. The predicted molar refractivity (Wildman–Crippen MR) is 145 cm³/mol. The van der Waals surface area contributed by atoms with Gasteiger partial charge in [-0.1, -0.05) is 55.8 Å². The first kappa shape index (κ1) is 25.9. The molecule has 0 fully saturated rings. The van der Waals surface area contributed by atoms with E-state index < -0.39 is 11.7 Å². The van der Waals surface area contributed by atoms with Gasteiger partial charge in [0, 0.05) is 25.3 Å². The second-order valence-corrected chi connectivity index (χ2v) is 8.90. The molecule has 7 heteroatoms. The minimum Gasteiger partial charge on any atom is -0.449 e. The number of halogens is 1. The fourth-order valence-corrected chi connectivity index (χ4v) is 4.22. The van der Waals surface area contributed by atoms with E-state index in [9.17, 15) is 14.0 Å². The first-order valence-corrected chi connectivity index (χ1v) is 12.7. The standard InChI is InChI=1S/C30H32FN3O3/c1-2-3-18-33(25-13-5-4-6-14-25)19-10-17-32-29(35)22-34-26-15-7-8-16-27(26)37-28(30(34)36)21-23-11-9-12-24(31)20-23/h4-9,11-16,20-21H,2-3,10,17-19,22H2,1H3,(H,32,35)/b28-21+. The maximum absolute atomic E-state index is 13.6. The van der Waals surface area contributed by atoms with Crippen LogP contribution in [0.15, 0.2) is 84.6 Å². The molecule has 4 rings (SSSR count). The number of amides is 2. The Morgan fingerprint density at radius 2 is 1.76 bits per heavy atom. The Morgan fingerprint density at radius 1 is 1.00 bits per heavy atom. The largest absolute Gasteiger partial charge is 0.449 e. The average molecular weight is 502 g/mol. The number of rotatable bonds is 11. The smallest absolute Gasteiger partial charge is 0.294 e. The van der Waals surface area contributed by atoms with Crippen molar-refractivity contribution in [1.82, 2.24) is 5.32 Å². The first-order valence-electron chi connectivity index (χ1n) is 12.7. The highest BCUT2D eigenvalue weighted by atomic mass is 19.1. The topological polar surface area (TPSA) is 61.9 Å². The monoisotopic (exact) mass is 501 g/mol. The van der Waals surface area contributed by atoms with Crippen molar-refractivity contribution in [2.45, 2.75) is 26.2 Å². The molecule has 0 atom stereocenters. The van der Waals surface area contributed by atoms with Crippen LogP contribution in [0.25, 0.3) is 6.08 Å². The molecule has 0 radical (unpaired) electrons. The molecular formula is C30H32FN3O3. The third-order valence-corrected chi connectivity index (χ3v) is 6.11. The van der Waals surface area contributed by atoms with E-state index >= 15 is 0 Å². The number of carbonyl (C=O) groups is 2. The summed E-state index contributed by atoms with van der Waals surface area (Å²) in [5.74, 6) is -0.615. The molecule has 0 saturated heterocycles. The number of anilines is 2. The fraction of sp³-hybridized carbons (Fsp3) is 0.267. The predicted octanol–water partition coefficient (Wildman–Crippen LogP) is 5.41. The molecule has 37 heavy (non-hydrogen) atoms. The molecule has 6 nitrogen and oxygen atoms in total. The zero-order valence-corrected chi connectivity index (χ0v) is 21.0. The summed E-state index contributed by atoms with van der Waals surface area (Å²) in [6, 6.07) is 23.2. The van der Waals surface area contributed by atoms with Gasteiger partial charge in [-0.15, -0.1) is 0 Å². The SMILES string of the molecule is CCCCN(CCCNC(=O)CN1C(=O)/C(=C\c2cccc(F)c2)Oc2ccccc21)c1ccccc1. The number of fused-ring (bicyclic) bond motifs is 1. The molecule has 3 aromatic rings. The van der Waals surface area contributed by atoms with Crippen LogP contribution in [0.1, 0.15) is 31.7 Å². The van der Waals surface area contributed by atoms with Crippen LogP contribution in [0.5, 0.6) is 5.75 Å². The van der Waals surface area contributed by atoms with E-state index in [1.807, 2.05) is 18.2 Å². The number of para-hydroxylation sites is 3. The quantitative estimate of drug-likeness (QED) is 0.282. The van der Waals surface area contributed by atoms with Gasteiger partial charge in [-0.25, -0.2) is 4.39 Å². The number of unbranched alkanes of at least 4 members (excludes halogenated alkanes) is 1. The van der Waals surface area contributed by atoms with Crippen LogP contribution in [0.4, 0.5) is 15.8 Å². The van der Waals surface area contributed by atoms with Crippen LogP contribution in [0.2, 0.25) is 0 Å². The third-order valence-electron chi connectivity index (χ3n) is 6.11. The maximum atomic E-state index is 13.6.